The number of thioether (sulfide) groups is 1. The van der Waals surface area contributed by atoms with Crippen LogP contribution in [0.3, 0.4) is 0 Å². The number of hydrogen-bond donors (Lipinski definition) is 1. The predicted octanol–water partition coefficient (Wildman–Crippen LogP) is 3.44. The predicted molar refractivity (Wildman–Crippen MR) is 98.2 cm³/mol. The number of carbonyl (C=O) groups is 1. The average molecular weight is 353 g/mol. The Kier molecular flexibility index (Phi) is 4.31. The maximum atomic E-state index is 12.4. The van der Waals surface area contributed by atoms with Gasteiger partial charge in [-0.15, -0.1) is 0 Å². The Morgan fingerprint density at radius 1 is 1.32 bits per heavy atom. The van der Waals surface area contributed by atoms with Crippen molar-refractivity contribution in [1.29, 1.82) is 0 Å². The number of benzene rings is 1. The number of anilines is 1. The molecule has 25 heavy (non-hydrogen) atoms. The van der Waals surface area contributed by atoms with Crippen LogP contribution >= 0.6 is 11.8 Å². The summed E-state index contributed by atoms with van der Waals surface area (Å²) in [6, 6.07) is 12.2. The van der Waals surface area contributed by atoms with Crippen LogP contribution in [0.25, 0.3) is 5.69 Å². The number of nitrogens with one attached hydrogen (secondary N) is 1. The largest absolute Gasteiger partial charge is 0.323 e. The lowest BCUT2D eigenvalue weighted by Gasteiger charge is -2.09. The summed E-state index contributed by atoms with van der Waals surface area (Å²) in [5.41, 5.74) is 1.78. The van der Waals surface area contributed by atoms with Crippen molar-refractivity contribution in [2.75, 3.05) is 11.1 Å². The van der Waals surface area contributed by atoms with Crippen molar-refractivity contribution in [1.82, 2.24) is 19.3 Å². The number of aromatic nitrogens is 4. The Morgan fingerprint density at radius 3 is 2.88 bits per heavy atom. The summed E-state index contributed by atoms with van der Waals surface area (Å²) < 4.78 is 3.92. The van der Waals surface area contributed by atoms with Gasteiger partial charge in [0.2, 0.25) is 5.91 Å². The first-order valence-electron chi connectivity index (χ1n) is 8.28. The minimum Gasteiger partial charge on any atom is -0.323 e. The molecule has 0 unspecified atom stereocenters. The molecule has 128 valence electrons. The lowest BCUT2D eigenvalue weighted by Crippen LogP contribution is -2.17. The summed E-state index contributed by atoms with van der Waals surface area (Å²) in [5.74, 6) is 0.940. The molecule has 1 aliphatic carbocycles. The van der Waals surface area contributed by atoms with E-state index in [1.807, 2.05) is 49.5 Å². The van der Waals surface area contributed by atoms with Crippen molar-refractivity contribution in [3.05, 3.63) is 54.5 Å². The maximum Gasteiger partial charge on any atom is 0.236 e. The summed E-state index contributed by atoms with van der Waals surface area (Å²) in [6.45, 7) is 1.91. The standard InChI is InChI=1S/C18H19N5OS/c1-13-11-16(23(21-13)15-5-3-2-4-6-15)20-17(24)12-25-18-19-9-10-22(18)14-7-8-14/h2-6,9-11,14H,7-8,12H2,1H3,(H,20,24). The molecule has 0 bridgehead atoms. The van der Waals surface area contributed by atoms with Crippen LogP contribution in [0.2, 0.25) is 0 Å². The normalized spacial score (nSPS) is 13.8. The molecule has 1 aromatic carbocycles. The van der Waals surface area contributed by atoms with E-state index in [2.05, 4.69) is 20.0 Å². The van der Waals surface area contributed by atoms with Crippen LogP contribution in [-0.2, 0) is 4.79 Å². The molecule has 0 saturated heterocycles. The number of nitrogens with zero attached hydrogens (tertiary/aromatic N) is 4. The third-order valence-electron chi connectivity index (χ3n) is 4.01. The van der Waals surface area contributed by atoms with Gasteiger partial charge in [-0.1, -0.05) is 30.0 Å². The van der Waals surface area contributed by atoms with E-state index in [0.29, 0.717) is 17.6 Å². The molecule has 1 saturated carbocycles. The molecule has 3 aromatic rings. The summed E-state index contributed by atoms with van der Waals surface area (Å²) in [7, 11) is 0. The molecule has 2 aromatic heterocycles. The van der Waals surface area contributed by atoms with Crippen LogP contribution in [0.15, 0.2) is 53.9 Å². The highest BCUT2D eigenvalue weighted by atomic mass is 32.2. The van der Waals surface area contributed by atoms with Crippen LogP contribution in [0.5, 0.6) is 0 Å². The van der Waals surface area contributed by atoms with Crippen LogP contribution < -0.4 is 5.32 Å². The summed E-state index contributed by atoms with van der Waals surface area (Å²) in [5, 5.41) is 8.34. The number of para-hydroxylation sites is 1. The zero-order valence-electron chi connectivity index (χ0n) is 13.9. The van der Waals surface area contributed by atoms with Gasteiger partial charge in [-0.05, 0) is 31.9 Å². The second-order valence-corrected chi connectivity index (χ2v) is 7.05. The first-order valence-corrected chi connectivity index (χ1v) is 9.27. The molecule has 0 aliphatic heterocycles. The molecule has 1 N–H and O–H groups in total. The highest BCUT2D eigenvalue weighted by molar-refractivity contribution is 7.99. The molecule has 6 nitrogen and oxygen atoms in total. The smallest absolute Gasteiger partial charge is 0.236 e. The second-order valence-electron chi connectivity index (χ2n) is 6.10. The molecule has 0 spiro atoms. The number of rotatable bonds is 6. The van der Waals surface area contributed by atoms with Gasteiger partial charge in [0.15, 0.2) is 5.16 Å². The van der Waals surface area contributed by atoms with Crippen molar-refractivity contribution < 1.29 is 4.79 Å². The Labute approximate surface area is 150 Å². The van der Waals surface area contributed by atoms with Gasteiger partial charge in [0.05, 0.1) is 17.1 Å². The highest BCUT2D eigenvalue weighted by Gasteiger charge is 2.25. The number of amides is 1. The summed E-state index contributed by atoms with van der Waals surface area (Å²) in [6.07, 6.45) is 6.19. The van der Waals surface area contributed by atoms with Crippen molar-refractivity contribution in [3.8, 4) is 5.69 Å². The maximum absolute atomic E-state index is 12.4. The van der Waals surface area contributed by atoms with Crippen molar-refractivity contribution >= 4 is 23.5 Å². The Bertz CT molecular complexity index is 882. The lowest BCUT2D eigenvalue weighted by atomic mass is 10.3. The lowest BCUT2D eigenvalue weighted by molar-refractivity contribution is -0.113. The van der Waals surface area contributed by atoms with Crippen molar-refractivity contribution in [2.24, 2.45) is 0 Å². The van der Waals surface area contributed by atoms with Crippen LogP contribution in [0, 0.1) is 6.92 Å². The molecule has 4 rings (SSSR count). The molecule has 1 amide bonds. The minimum absolute atomic E-state index is 0.0626. The van der Waals surface area contributed by atoms with E-state index in [-0.39, 0.29) is 5.91 Å². The van der Waals surface area contributed by atoms with Crippen molar-refractivity contribution in [3.63, 3.8) is 0 Å². The Balaban J connectivity index is 1.43. The zero-order chi connectivity index (χ0) is 17.2. The van der Waals surface area contributed by atoms with Gasteiger partial charge in [0, 0.05) is 24.5 Å². The monoisotopic (exact) mass is 353 g/mol. The van der Waals surface area contributed by atoms with E-state index in [4.69, 9.17) is 0 Å². The third kappa shape index (κ3) is 3.61. The SMILES string of the molecule is Cc1cc(NC(=O)CSc2nccn2C2CC2)n(-c2ccccc2)n1. The first kappa shape index (κ1) is 16.0. The molecule has 2 heterocycles. The van der Waals surface area contributed by atoms with E-state index in [9.17, 15) is 4.79 Å². The quantitative estimate of drug-likeness (QED) is 0.690. The van der Waals surface area contributed by atoms with E-state index < -0.39 is 0 Å². The van der Waals surface area contributed by atoms with Gasteiger partial charge in [0.25, 0.3) is 0 Å². The fourth-order valence-electron chi connectivity index (χ4n) is 2.71. The number of hydrogen-bond acceptors (Lipinski definition) is 4. The molecule has 1 fully saturated rings. The van der Waals surface area contributed by atoms with Gasteiger partial charge in [-0.3, -0.25) is 4.79 Å². The molecule has 0 radical (unpaired) electrons. The third-order valence-corrected chi connectivity index (χ3v) is 4.99. The van der Waals surface area contributed by atoms with Gasteiger partial charge >= 0.3 is 0 Å². The average Bonchev–Trinajstić information content (AvgIpc) is 3.24. The molecular weight excluding hydrogens is 334 g/mol. The fourth-order valence-corrected chi connectivity index (χ4v) is 3.53. The van der Waals surface area contributed by atoms with E-state index in [1.54, 1.807) is 10.9 Å². The number of carbonyl (C=O) groups excluding carboxylic acids is 1. The Morgan fingerprint density at radius 2 is 2.12 bits per heavy atom. The van der Waals surface area contributed by atoms with Crippen LogP contribution in [-0.4, -0.2) is 31.0 Å². The van der Waals surface area contributed by atoms with E-state index in [1.165, 1.54) is 24.6 Å². The van der Waals surface area contributed by atoms with Crippen molar-refractivity contribution in [2.45, 2.75) is 31.0 Å². The van der Waals surface area contributed by atoms with E-state index >= 15 is 0 Å². The first-order chi connectivity index (χ1) is 12.2. The molecular formula is C18H19N5OS. The molecule has 0 atom stereocenters. The summed E-state index contributed by atoms with van der Waals surface area (Å²) in [4.78, 5) is 16.7. The van der Waals surface area contributed by atoms with Gasteiger partial charge < -0.3 is 9.88 Å². The topological polar surface area (TPSA) is 64.7 Å². The van der Waals surface area contributed by atoms with Gasteiger partial charge in [-0.25, -0.2) is 9.67 Å². The number of aryl methyl sites for hydroxylation is 1. The Hall–Kier alpha value is -2.54. The zero-order valence-corrected chi connectivity index (χ0v) is 14.7. The van der Waals surface area contributed by atoms with Gasteiger partial charge in [-0.2, -0.15) is 5.10 Å². The van der Waals surface area contributed by atoms with Crippen LogP contribution in [0.1, 0.15) is 24.6 Å². The highest BCUT2D eigenvalue weighted by Crippen LogP contribution is 2.37. The molecule has 1 aliphatic rings. The second kappa shape index (κ2) is 6.76. The van der Waals surface area contributed by atoms with Crippen LogP contribution in [0.4, 0.5) is 5.82 Å². The fraction of sp³-hybridized carbons (Fsp3) is 0.278. The summed E-state index contributed by atoms with van der Waals surface area (Å²) >= 11 is 1.47. The molecule has 7 heteroatoms. The van der Waals surface area contributed by atoms with Gasteiger partial charge in [0.1, 0.15) is 5.82 Å². The van der Waals surface area contributed by atoms with E-state index in [0.717, 1.165) is 16.5 Å². The number of imidazole rings is 1. The minimum atomic E-state index is -0.0626.